The summed E-state index contributed by atoms with van der Waals surface area (Å²) < 4.78 is 17.1. The van der Waals surface area contributed by atoms with Crippen LogP contribution in [0.15, 0.2) is 18.2 Å². The second-order valence-electron chi connectivity index (χ2n) is 2.93. The maximum absolute atomic E-state index is 11.8. The Bertz CT molecular complexity index is 276. The smallest absolute Gasteiger partial charge is 0.142 e. The van der Waals surface area contributed by atoms with Crippen molar-refractivity contribution in [3.8, 4) is 5.75 Å². The Morgan fingerprint density at radius 3 is 2.92 bits per heavy atom. The zero-order chi connectivity index (χ0) is 9.68. The highest BCUT2D eigenvalue weighted by molar-refractivity contribution is 5.53. The van der Waals surface area contributed by atoms with E-state index < -0.39 is 0 Å². The van der Waals surface area contributed by atoms with Crippen LogP contribution in [0.25, 0.3) is 0 Å². The van der Waals surface area contributed by atoms with E-state index in [-0.39, 0.29) is 6.67 Å². The van der Waals surface area contributed by atoms with E-state index in [1.807, 2.05) is 19.1 Å². The predicted octanol–water partition coefficient (Wildman–Crippen LogP) is 2.32. The number of alkyl halides is 1. The number of anilines is 1. The fraction of sp³-hybridized carbons (Fsp3) is 0.400. The lowest BCUT2D eigenvalue weighted by Gasteiger charge is -2.08. The zero-order valence-electron chi connectivity index (χ0n) is 7.72. The molecule has 0 radical (unpaired) electrons. The van der Waals surface area contributed by atoms with Crippen LogP contribution in [0.1, 0.15) is 12.0 Å². The van der Waals surface area contributed by atoms with Crippen molar-refractivity contribution in [2.24, 2.45) is 0 Å². The normalized spacial score (nSPS) is 10.0. The number of rotatable bonds is 4. The van der Waals surface area contributed by atoms with Gasteiger partial charge in [0.15, 0.2) is 0 Å². The first-order valence-electron chi connectivity index (χ1n) is 4.29. The molecule has 0 atom stereocenters. The van der Waals surface area contributed by atoms with Crippen LogP contribution < -0.4 is 10.5 Å². The van der Waals surface area contributed by atoms with Gasteiger partial charge in [0.2, 0.25) is 0 Å². The van der Waals surface area contributed by atoms with Gasteiger partial charge in [-0.05, 0) is 24.6 Å². The van der Waals surface area contributed by atoms with E-state index in [2.05, 4.69) is 0 Å². The molecular weight excluding hydrogens is 169 g/mol. The van der Waals surface area contributed by atoms with E-state index >= 15 is 0 Å². The number of benzene rings is 1. The average molecular weight is 183 g/mol. The van der Waals surface area contributed by atoms with Crippen LogP contribution in [-0.4, -0.2) is 13.3 Å². The second kappa shape index (κ2) is 4.70. The van der Waals surface area contributed by atoms with Crippen molar-refractivity contribution in [3.05, 3.63) is 23.8 Å². The molecule has 2 N–H and O–H groups in total. The first-order chi connectivity index (χ1) is 6.24. The number of ether oxygens (including phenoxy) is 1. The topological polar surface area (TPSA) is 35.2 Å². The predicted molar refractivity (Wildman–Crippen MR) is 51.7 cm³/mol. The Balaban J connectivity index is 2.59. The summed E-state index contributed by atoms with van der Waals surface area (Å²) in [5, 5.41) is 0. The number of nitrogens with two attached hydrogens (primary N) is 1. The molecule has 0 amide bonds. The molecule has 1 rings (SSSR count). The lowest BCUT2D eigenvalue weighted by molar-refractivity contribution is 0.291. The van der Waals surface area contributed by atoms with Crippen molar-refractivity contribution < 1.29 is 9.13 Å². The molecule has 0 saturated carbocycles. The van der Waals surface area contributed by atoms with Crippen molar-refractivity contribution in [2.75, 3.05) is 19.0 Å². The van der Waals surface area contributed by atoms with Crippen molar-refractivity contribution in [1.82, 2.24) is 0 Å². The van der Waals surface area contributed by atoms with Gasteiger partial charge in [-0.1, -0.05) is 6.07 Å². The summed E-state index contributed by atoms with van der Waals surface area (Å²) in [6, 6.07) is 5.56. The van der Waals surface area contributed by atoms with E-state index in [1.54, 1.807) is 6.07 Å². The lowest BCUT2D eigenvalue weighted by atomic mass is 10.2. The monoisotopic (exact) mass is 183 g/mol. The van der Waals surface area contributed by atoms with E-state index in [4.69, 9.17) is 10.5 Å². The Hall–Kier alpha value is -1.25. The first kappa shape index (κ1) is 9.84. The molecule has 3 heteroatoms. The highest BCUT2D eigenvalue weighted by atomic mass is 19.1. The Morgan fingerprint density at radius 1 is 1.46 bits per heavy atom. The molecule has 72 valence electrons. The summed E-state index contributed by atoms with van der Waals surface area (Å²) in [5.41, 5.74) is 7.34. The third-order valence-electron chi connectivity index (χ3n) is 1.70. The van der Waals surface area contributed by atoms with Crippen LogP contribution in [0.5, 0.6) is 5.75 Å². The van der Waals surface area contributed by atoms with E-state index in [1.165, 1.54) is 0 Å². The third kappa shape index (κ3) is 2.93. The zero-order valence-corrected chi connectivity index (χ0v) is 7.72. The fourth-order valence-electron chi connectivity index (χ4n) is 1.00. The summed E-state index contributed by atoms with van der Waals surface area (Å²) in [6.07, 6.45) is 0.410. The molecular formula is C10H14FNO. The minimum atomic E-state index is -0.355. The molecule has 0 bridgehead atoms. The standard InChI is InChI=1S/C10H14FNO/c1-8-3-4-9(12)10(7-8)13-6-2-5-11/h3-4,7H,2,5-6,12H2,1H3. The van der Waals surface area contributed by atoms with Gasteiger partial charge in [-0.3, -0.25) is 4.39 Å². The van der Waals surface area contributed by atoms with Gasteiger partial charge in [0.25, 0.3) is 0 Å². The van der Waals surface area contributed by atoms with E-state index in [9.17, 15) is 4.39 Å². The molecule has 0 spiro atoms. The largest absolute Gasteiger partial charge is 0.491 e. The molecule has 1 aromatic carbocycles. The maximum Gasteiger partial charge on any atom is 0.142 e. The van der Waals surface area contributed by atoms with Gasteiger partial charge < -0.3 is 10.5 Å². The van der Waals surface area contributed by atoms with Gasteiger partial charge in [0.05, 0.1) is 19.0 Å². The molecule has 0 aliphatic rings. The molecule has 0 aliphatic heterocycles. The molecule has 1 aromatic rings. The lowest BCUT2D eigenvalue weighted by Crippen LogP contribution is -2.01. The van der Waals surface area contributed by atoms with Gasteiger partial charge >= 0.3 is 0 Å². The Labute approximate surface area is 77.5 Å². The number of halogens is 1. The van der Waals surface area contributed by atoms with Crippen LogP contribution >= 0.6 is 0 Å². The van der Waals surface area contributed by atoms with Crippen LogP contribution in [0, 0.1) is 6.92 Å². The molecule has 0 saturated heterocycles. The Morgan fingerprint density at radius 2 is 2.23 bits per heavy atom. The van der Waals surface area contributed by atoms with Crippen LogP contribution in [-0.2, 0) is 0 Å². The van der Waals surface area contributed by atoms with Gasteiger partial charge in [-0.25, -0.2) is 0 Å². The molecule has 0 aliphatic carbocycles. The van der Waals surface area contributed by atoms with Gasteiger partial charge in [0, 0.05) is 6.42 Å². The second-order valence-corrected chi connectivity index (χ2v) is 2.93. The molecule has 0 unspecified atom stereocenters. The van der Waals surface area contributed by atoms with Crippen LogP contribution in [0.2, 0.25) is 0 Å². The summed E-state index contributed by atoms with van der Waals surface area (Å²) in [5.74, 6) is 0.647. The van der Waals surface area contributed by atoms with E-state index in [0.717, 1.165) is 5.56 Å². The van der Waals surface area contributed by atoms with Crippen LogP contribution in [0.3, 0.4) is 0 Å². The molecule has 0 heterocycles. The first-order valence-corrected chi connectivity index (χ1v) is 4.29. The van der Waals surface area contributed by atoms with E-state index in [0.29, 0.717) is 24.5 Å². The highest BCUT2D eigenvalue weighted by Crippen LogP contribution is 2.22. The fourth-order valence-corrected chi connectivity index (χ4v) is 1.00. The van der Waals surface area contributed by atoms with Crippen molar-refractivity contribution in [1.29, 1.82) is 0 Å². The quantitative estimate of drug-likeness (QED) is 0.574. The molecule has 0 aromatic heterocycles. The molecule has 0 fully saturated rings. The SMILES string of the molecule is Cc1ccc(N)c(OCCCF)c1. The maximum atomic E-state index is 11.8. The van der Waals surface area contributed by atoms with Crippen molar-refractivity contribution in [2.45, 2.75) is 13.3 Å². The number of nitrogen functional groups attached to an aromatic ring is 1. The van der Waals surface area contributed by atoms with Gasteiger partial charge in [-0.15, -0.1) is 0 Å². The Kier molecular flexibility index (Phi) is 3.55. The van der Waals surface area contributed by atoms with Crippen molar-refractivity contribution >= 4 is 5.69 Å². The summed E-state index contributed by atoms with van der Waals surface area (Å²) in [4.78, 5) is 0. The molecule has 13 heavy (non-hydrogen) atoms. The molecule has 2 nitrogen and oxygen atoms in total. The number of aryl methyl sites for hydroxylation is 1. The number of hydrogen-bond donors (Lipinski definition) is 1. The minimum absolute atomic E-state index is 0.355. The van der Waals surface area contributed by atoms with Gasteiger partial charge in [0.1, 0.15) is 5.75 Å². The summed E-state index contributed by atoms with van der Waals surface area (Å²) in [7, 11) is 0. The summed E-state index contributed by atoms with van der Waals surface area (Å²) >= 11 is 0. The number of hydrogen-bond acceptors (Lipinski definition) is 2. The van der Waals surface area contributed by atoms with Gasteiger partial charge in [-0.2, -0.15) is 0 Å². The third-order valence-corrected chi connectivity index (χ3v) is 1.70. The average Bonchev–Trinajstić information content (AvgIpc) is 2.11. The highest BCUT2D eigenvalue weighted by Gasteiger charge is 1.99. The summed E-state index contributed by atoms with van der Waals surface area (Å²) in [6.45, 7) is 1.98. The van der Waals surface area contributed by atoms with Crippen molar-refractivity contribution in [3.63, 3.8) is 0 Å². The van der Waals surface area contributed by atoms with Crippen LogP contribution in [0.4, 0.5) is 10.1 Å². The minimum Gasteiger partial charge on any atom is -0.491 e.